The fraction of sp³-hybridized carbons (Fsp3) is 0.435. The number of aromatic nitrogens is 1. The zero-order valence-corrected chi connectivity index (χ0v) is 19.5. The van der Waals surface area contributed by atoms with Gasteiger partial charge in [0.1, 0.15) is 12.1 Å². The maximum absolute atomic E-state index is 12.7. The zero-order chi connectivity index (χ0) is 26.1. The Bertz CT molecular complexity index is 1080. The van der Waals surface area contributed by atoms with Gasteiger partial charge in [-0.05, 0) is 30.4 Å². The van der Waals surface area contributed by atoms with Crippen LogP contribution in [0.2, 0.25) is 0 Å². The van der Waals surface area contributed by atoms with Crippen LogP contribution in [0.3, 0.4) is 0 Å². The molecule has 12 heteroatoms. The van der Waals surface area contributed by atoms with E-state index in [2.05, 4.69) is 15.6 Å². The molecule has 3 unspecified atom stereocenters. The quantitative estimate of drug-likeness (QED) is 0.199. The number of carboxylic acids is 2. The van der Waals surface area contributed by atoms with Crippen LogP contribution >= 0.6 is 0 Å². The van der Waals surface area contributed by atoms with E-state index < -0.39 is 60.8 Å². The van der Waals surface area contributed by atoms with Crippen LogP contribution in [-0.2, 0) is 30.4 Å². The Morgan fingerprint density at radius 3 is 2.31 bits per heavy atom. The van der Waals surface area contributed by atoms with Crippen molar-refractivity contribution < 1.29 is 34.2 Å². The number of H-pyrrole nitrogens is 1. The minimum Gasteiger partial charge on any atom is -0.481 e. The second-order valence-electron chi connectivity index (χ2n) is 8.63. The van der Waals surface area contributed by atoms with E-state index in [1.807, 2.05) is 43.4 Å². The number of carbonyl (C=O) groups excluding carboxylic acids is 3. The number of nitrogens with one attached hydrogen (secondary N) is 4. The number of rotatable bonds is 13. The molecule has 3 amide bonds. The van der Waals surface area contributed by atoms with Gasteiger partial charge in [-0.15, -0.1) is 0 Å². The lowest BCUT2D eigenvalue weighted by Crippen LogP contribution is -2.54. The molecule has 2 aromatic rings. The zero-order valence-electron chi connectivity index (χ0n) is 19.5. The van der Waals surface area contributed by atoms with Crippen LogP contribution in [0.4, 0.5) is 0 Å². The predicted molar refractivity (Wildman–Crippen MR) is 126 cm³/mol. The third-order valence-electron chi connectivity index (χ3n) is 5.23. The lowest BCUT2D eigenvalue weighted by Gasteiger charge is -2.22. The number of amides is 3. The maximum Gasteiger partial charge on any atom is 0.326 e. The van der Waals surface area contributed by atoms with Gasteiger partial charge in [0, 0.05) is 17.1 Å². The van der Waals surface area contributed by atoms with Gasteiger partial charge >= 0.3 is 11.9 Å². The summed E-state index contributed by atoms with van der Waals surface area (Å²) in [5.41, 5.74) is 7.87. The van der Waals surface area contributed by atoms with Gasteiger partial charge < -0.3 is 36.9 Å². The molecule has 3 atom stereocenters. The summed E-state index contributed by atoms with van der Waals surface area (Å²) in [5.74, 6) is -4.94. The van der Waals surface area contributed by atoms with Gasteiger partial charge in [-0.3, -0.25) is 19.2 Å². The summed E-state index contributed by atoms with van der Waals surface area (Å²) >= 11 is 0. The minimum absolute atomic E-state index is 0.0247. The number of nitrogens with two attached hydrogens (primary N) is 1. The van der Waals surface area contributed by atoms with Crippen molar-refractivity contribution in [2.75, 3.05) is 6.54 Å². The Balaban J connectivity index is 1.96. The summed E-state index contributed by atoms with van der Waals surface area (Å²) in [4.78, 5) is 62.4. The number of aromatic amines is 1. The third-order valence-corrected chi connectivity index (χ3v) is 5.23. The average molecular weight is 490 g/mol. The number of aliphatic carboxylic acids is 2. The highest BCUT2D eigenvalue weighted by molar-refractivity contribution is 5.93. The number of fused-ring (bicyclic) bond motifs is 1. The average Bonchev–Trinajstić information content (AvgIpc) is 3.18. The van der Waals surface area contributed by atoms with Crippen LogP contribution in [0.1, 0.15) is 32.3 Å². The predicted octanol–water partition coefficient (Wildman–Crippen LogP) is -0.271. The number of carbonyl (C=O) groups is 5. The molecular formula is C23H31N5O7. The molecule has 12 nitrogen and oxygen atoms in total. The molecular weight excluding hydrogens is 458 g/mol. The number of carboxylic acid groups (broad SMARTS) is 2. The first-order valence-corrected chi connectivity index (χ1v) is 11.1. The van der Waals surface area contributed by atoms with Gasteiger partial charge in [0.15, 0.2) is 0 Å². The standard InChI is InChI=1S/C23H31N5O7/c1-12(2)7-17(22(33)26-11-19(29)27-18(23(34)35)9-20(30)31)28-21(32)15(24)8-13-10-25-16-6-4-3-5-14(13)16/h3-6,10,12,15,17-18,25H,7-9,11,24H2,1-2H3,(H,26,33)(H,27,29)(H,28,32)(H,30,31)(H,34,35). The minimum atomic E-state index is -1.63. The molecule has 0 saturated heterocycles. The molecule has 8 N–H and O–H groups in total. The normalized spacial score (nSPS) is 13.6. The first kappa shape index (κ1) is 27.3. The summed E-state index contributed by atoms with van der Waals surface area (Å²) in [6.07, 6.45) is 1.49. The van der Waals surface area contributed by atoms with Gasteiger partial charge in [0.25, 0.3) is 0 Å². The van der Waals surface area contributed by atoms with Crippen LogP contribution in [0.25, 0.3) is 10.9 Å². The largest absolute Gasteiger partial charge is 0.481 e. The Morgan fingerprint density at radius 2 is 1.69 bits per heavy atom. The first-order chi connectivity index (χ1) is 16.5. The van der Waals surface area contributed by atoms with E-state index in [4.69, 9.17) is 15.9 Å². The van der Waals surface area contributed by atoms with Gasteiger partial charge in [0.05, 0.1) is 19.0 Å². The smallest absolute Gasteiger partial charge is 0.326 e. The van der Waals surface area contributed by atoms with Crippen LogP contribution in [-0.4, -0.2) is 69.5 Å². The molecule has 0 spiro atoms. The van der Waals surface area contributed by atoms with Crippen molar-refractivity contribution in [3.05, 3.63) is 36.0 Å². The molecule has 0 aliphatic heterocycles. The summed E-state index contributed by atoms with van der Waals surface area (Å²) in [6.45, 7) is 3.12. The van der Waals surface area contributed by atoms with E-state index in [0.29, 0.717) is 0 Å². The Labute approximate surface area is 201 Å². The lowest BCUT2D eigenvalue weighted by atomic mass is 10.0. The van der Waals surface area contributed by atoms with E-state index in [1.54, 1.807) is 6.20 Å². The van der Waals surface area contributed by atoms with Crippen molar-refractivity contribution in [2.45, 2.75) is 51.2 Å². The fourth-order valence-electron chi connectivity index (χ4n) is 3.52. The Morgan fingerprint density at radius 1 is 1.00 bits per heavy atom. The Hall–Kier alpha value is -3.93. The molecule has 0 aliphatic rings. The monoisotopic (exact) mass is 489 g/mol. The van der Waals surface area contributed by atoms with E-state index in [0.717, 1.165) is 16.5 Å². The maximum atomic E-state index is 12.7. The highest BCUT2D eigenvalue weighted by atomic mass is 16.4. The van der Waals surface area contributed by atoms with E-state index in [-0.39, 0.29) is 18.8 Å². The molecule has 0 bridgehead atoms. The number of para-hydroxylation sites is 1. The first-order valence-electron chi connectivity index (χ1n) is 11.1. The van der Waals surface area contributed by atoms with Gasteiger partial charge in [-0.2, -0.15) is 0 Å². The third kappa shape index (κ3) is 8.41. The molecule has 0 aliphatic carbocycles. The van der Waals surface area contributed by atoms with Gasteiger partial charge in [-0.1, -0.05) is 32.0 Å². The van der Waals surface area contributed by atoms with Crippen LogP contribution < -0.4 is 21.7 Å². The van der Waals surface area contributed by atoms with Crippen LogP contribution in [0, 0.1) is 5.92 Å². The number of benzene rings is 1. The molecule has 0 fully saturated rings. The van der Waals surface area contributed by atoms with Crippen molar-refractivity contribution in [1.29, 1.82) is 0 Å². The van der Waals surface area contributed by atoms with Crippen LogP contribution in [0.15, 0.2) is 30.5 Å². The molecule has 1 heterocycles. The molecule has 0 radical (unpaired) electrons. The van der Waals surface area contributed by atoms with Crippen molar-refractivity contribution in [3.63, 3.8) is 0 Å². The highest BCUT2D eigenvalue weighted by Gasteiger charge is 2.27. The van der Waals surface area contributed by atoms with E-state index in [9.17, 15) is 24.0 Å². The van der Waals surface area contributed by atoms with Crippen molar-refractivity contribution in [2.24, 2.45) is 11.7 Å². The Kier molecular flexibility index (Phi) is 9.76. The van der Waals surface area contributed by atoms with Crippen molar-refractivity contribution in [3.8, 4) is 0 Å². The van der Waals surface area contributed by atoms with E-state index in [1.165, 1.54) is 0 Å². The topological polar surface area (TPSA) is 204 Å². The molecule has 1 aromatic carbocycles. The number of hydrogen-bond donors (Lipinski definition) is 7. The SMILES string of the molecule is CC(C)CC(NC(=O)C(N)Cc1c[nH]c2ccccc12)C(=O)NCC(=O)NC(CC(=O)O)C(=O)O. The fourth-order valence-corrected chi connectivity index (χ4v) is 3.52. The molecule has 35 heavy (non-hydrogen) atoms. The van der Waals surface area contributed by atoms with E-state index >= 15 is 0 Å². The molecule has 0 saturated carbocycles. The molecule has 2 rings (SSSR count). The second kappa shape index (κ2) is 12.5. The van der Waals surface area contributed by atoms with Gasteiger partial charge in [0.2, 0.25) is 17.7 Å². The highest BCUT2D eigenvalue weighted by Crippen LogP contribution is 2.19. The lowest BCUT2D eigenvalue weighted by molar-refractivity contribution is -0.147. The summed E-state index contributed by atoms with van der Waals surface area (Å²) in [5, 5.41) is 25.7. The van der Waals surface area contributed by atoms with Crippen molar-refractivity contribution >= 4 is 40.6 Å². The number of hydrogen-bond acceptors (Lipinski definition) is 6. The van der Waals surface area contributed by atoms with Crippen LogP contribution in [0.5, 0.6) is 0 Å². The van der Waals surface area contributed by atoms with Crippen molar-refractivity contribution in [1.82, 2.24) is 20.9 Å². The summed E-state index contributed by atoms with van der Waals surface area (Å²) in [6, 6.07) is 4.06. The summed E-state index contributed by atoms with van der Waals surface area (Å²) in [7, 11) is 0. The van der Waals surface area contributed by atoms with Gasteiger partial charge in [-0.25, -0.2) is 4.79 Å². The molecule has 190 valence electrons. The summed E-state index contributed by atoms with van der Waals surface area (Å²) < 4.78 is 0. The second-order valence-corrected chi connectivity index (χ2v) is 8.63. The molecule has 1 aromatic heterocycles.